The molecule has 3 rings (SSSR count). The van der Waals surface area contributed by atoms with Gasteiger partial charge in [0.25, 0.3) is 17.2 Å². The molecule has 0 aliphatic carbocycles. The monoisotopic (exact) mass is 527 g/mol. The molecule has 1 N–H and O–H groups in total. The van der Waals surface area contributed by atoms with Gasteiger partial charge in [0, 0.05) is 40.5 Å². The summed E-state index contributed by atoms with van der Waals surface area (Å²) in [6.45, 7) is 1.36. The Kier molecular flexibility index (Phi) is 7.72. The van der Waals surface area contributed by atoms with Gasteiger partial charge in [-0.2, -0.15) is 10.4 Å². The molecule has 2 heterocycles. The minimum atomic E-state index is -0.604. The summed E-state index contributed by atoms with van der Waals surface area (Å²) in [4.78, 5) is 35.3. The first-order valence-corrected chi connectivity index (χ1v) is 10.5. The Morgan fingerprint density at radius 3 is 2.68 bits per heavy atom. The Bertz CT molecular complexity index is 1370. The second-order valence-corrected chi connectivity index (χ2v) is 7.78. The number of nitrogens with one attached hydrogen (secondary N) is 1. The number of ether oxygens (including phenoxy) is 1. The number of nitro benzene ring substituents is 1. The van der Waals surface area contributed by atoms with Gasteiger partial charge in [-0.05, 0) is 47.1 Å². The lowest BCUT2D eigenvalue weighted by molar-refractivity contribution is -0.384. The summed E-state index contributed by atoms with van der Waals surface area (Å²) in [5.74, 6) is 0.217. The number of halogens is 1. The number of non-ortho nitro benzene ring substituents is 1. The van der Waals surface area contributed by atoms with E-state index in [4.69, 9.17) is 9.15 Å². The third-order valence-electron chi connectivity index (χ3n) is 4.82. The number of hydrazone groups is 1. The average Bonchev–Trinajstić information content (AvgIpc) is 3.29. The van der Waals surface area contributed by atoms with E-state index < -0.39 is 16.4 Å². The number of pyridine rings is 1. The van der Waals surface area contributed by atoms with E-state index in [1.54, 1.807) is 31.2 Å². The van der Waals surface area contributed by atoms with Crippen molar-refractivity contribution in [3.63, 3.8) is 0 Å². The van der Waals surface area contributed by atoms with Gasteiger partial charge in [-0.15, -0.1) is 0 Å². The van der Waals surface area contributed by atoms with Crippen molar-refractivity contribution in [2.45, 2.75) is 20.1 Å². The van der Waals surface area contributed by atoms with Crippen LogP contribution in [0.25, 0.3) is 11.3 Å². The molecule has 0 bridgehead atoms. The molecule has 1 aromatic carbocycles. The van der Waals surface area contributed by atoms with Crippen molar-refractivity contribution in [1.82, 2.24) is 9.99 Å². The highest BCUT2D eigenvalue weighted by atomic mass is 79.9. The lowest BCUT2D eigenvalue weighted by Gasteiger charge is -2.15. The molecule has 0 atom stereocenters. The zero-order valence-corrected chi connectivity index (χ0v) is 19.7. The molecule has 0 fully saturated rings. The summed E-state index contributed by atoms with van der Waals surface area (Å²) >= 11 is 3.37. The Hall–Kier alpha value is -4.08. The predicted molar refractivity (Wildman–Crippen MR) is 125 cm³/mol. The Balaban J connectivity index is 1.70. The number of rotatable bonds is 8. The SMILES string of the molecule is COCc1c(Br)c(C)n(CC(=O)N/N=C\c2ccc(-c3ccc([N+](=O)[O-])cc3)o2)c(=O)c1C#N. The predicted octanol–water partition coefficient (Wildman–Crippen LogP) is 3.26. The number of benzene rings is 1. The largest absolute Gasteiger partial charge is 0.455 e. The number of carbonyl (C=O) groups excluding carboxylic acids is 1. The highest BCUT2D eigenvalue weighted by molar-refractivity contribution is 9.10. The Labute approximate surface area is 201 Å². The van der Waals surface area contributed by atoms with Crippen LogP contribution in [0, 0.1) is 28.4 Å². The maximum Gasteiger partial charge on any atom is 0.269 e. The molecule has 3 aromatic rings. The van der Waals surface area contributed by atoms with Crippen molar-refractivity contribution < 1.29 is 18.9 Å². The fourth-order valence-corrected chi connectivity index (χ4v) is 3.65. The molecule has 0 saturated heterocycles. The summed E-state index contributed by atoms with van der Waals surface area (Å²) < 4.78 is 12.4. The van der Waals surface area contributed by atoms with Crippen LogP contribution in [0.3, 0.4) is 0 Å². The van der Waals surface area contributed by atoms with Crippen LogP contribution >= 0.6 is 15.9 Å². The highest BCUT2D eigenvalue weighted by Crippen LogP contribution is 2.24. The summed E-state index contributed by atoms with van der Waals surface area (Å²) in [6.07, 6.45) is 1.28. The Morgan fingerprint density at radius 1 is 1.35 bits per heavy atom. The maximum absolute atomic E-state index is 12.7. The first-order chi connectivity index (χ1) is 16.3. The number of nitrogens with zero attached hydrogens (tertiary/aromatic N) is 4. The summed E-state index contributed by atoms with van der Waals surface area (Å²) in [7, 11) is 1.45. The maximum atomic E-state index is 12.7. The van der Waals surface area contributed by atoms with Gasteiger partial charge in [-0.25, -0.2) is 5.43 Å². The van der Waals surface area contributed by atoms with Gasteiger partial charge in [0.05, 0.1) is 17.7 Å². The number of carbonyl (C=O) groups is 1. The number of nitro groups is 1. The number of amides is 1. The van der Waals surface area contributed by atoms with Crippen molar-refractivity contribution in [1.29, 1.82) is 5.26 Å². The van der Waals surface area contributed by atoms with Crippen molar-refractivity contribution in [3.05, 3.63) is 83.9 Å². The van der Waals surface area contributed by atoms with Gasteiger partial charge < -0.3 is 13.7 Å². The molecule has 0 saturated carbocycles. The molecule has 11 nitrogen and oxygen atoms in total. The smallest absolute Gasteiger partial charge is 0.269 e. The molecule has 12 heteroatoms. The minimum absolute atomic E-state index is 0.0311. The third kappa shape index (κ3) is 5.28. The van der Waals surface area contributed by atoms with E-state index in [1.807, 2.05) is 6.07 Å². The van der Waals surface area contributed by atoms with Crippen molar-refractivity contribution in [2.24, 2.45) is 5.10 Å². The second-order valence-electron chi connectivity index (χ2n) is 6.99. The summed E-state index contributed by atoms with van der Waals surface area (Å²) in [5.41, 5.74) is 3.10. The molecule has 2 aromatic heterocycles. The molecule has 34 heavy (non-hydrogen) atoms. The molecule has 0 spiro atoms. The van der Waals surface area contributed by atoms with E-state index in [1.165, 1.54) is 30.0 Å². The quantitative estimate of drug-likeness (QED) is 0.268. The van der Waals surface area contributed by atoms with Crippen LogP contribution in [0.15, 0.2) is 55.2 Å². The lowest BCUT2D eigenvalue weighted by atomic mass is 10.1. The van der Waals surface area contributed by atoms with Gasteiger partial charge in [-0.3, -0.25) is 19.7 Å². The standard InChI is InChI=1S/C22H18BrN5O6/c1-13-21(23)18(12-33-2)17(9-24)22(30)27(13)11-20(29)26-25-10-16-7-8-19(34-16)14-3-5-15(6-4-14)28(31)32/h3-8,10H,11-12H2,1-2H3,(H,26,29)/b25-10-. The van der Waals surface area contributed by atoms with Crippen LogP contribution in [0.4, 0.5) is 5.69 Å². The molecule has 0 aliphatic rings. The molecule has 174 valence electrons. The van der Waals surface area contributed by atoms with E-state index in [-0.39, 0.29) is 24.4 Å². The van der Waals surface area contributed by atoms with Gasteiger partial charge in [0.1, 0.15) is 29.7 Å². The number of nitriles is 1. The van der Waals surface area contributed by atoms with Crippen LogP contribution in [-0.4, -0.2) is 28.7 Å². The van der Waals surface area contributed by atoms with E-state index in [0.29, 0.717) is 32.8 Å². The lowest BCUT2D eigenvalue weighted by Crippen LogP contribution is -2.33. The molecule has 0 aliphatic heterocycles. The van der Waals surface area contributed by atoms with Crippen LogP contribution < -0.4 is 11.0 Å². The van der Waals surface area contributed by atoms with Crippen molar-refractivity contribution in [2.75, 3.05) is 7.11 Å². The van der Waals surface area contributed by atoms with E-state index >= 15 is 0 Å². The van der Waals surface area contributed by atoms with Crippen LogP contribution in [-0.2, 0) is 22.7 Å². The van der Waals surface area contributed by atoms with E-state index in [9.17, 15) is 25.0 Å². The van der Waals surface area contributed by atoms with Crippen LogP contribution in [0.2, 0.25) is 0 Å². The van der Waals surface area contributed by atoms with Gasteiger partial charge in [-0.1, -0.05) is 0 Å². The molecule has 0 radical (unpaired) electrons. The van der Waals surface area contributed by atoms with Crippen molar-refractivity contribution in [3.8, 4) is 17.4 Å². The van der Waals surface area contributed by atoms with Gasteiger partial charge >= 0.3 is 0 Å². The fourth-order valence-electron chi connectivity index (χ4n) is 3.12. The first kappa shape index (κ1) is 24.6. The molecule has 0 unspecified atom stereocenters. The first-order valence-electron chi connectivity index (χ1n) is 9.74. The van der Waals surface area contributed by atoms with Gasteiger partial charge in [0.15, 0.2) is 0 Å². The van der Waals surface area contributed by atoms with Crippen molar-refractivity contribution >= 4 is 33.7 Å². The van der Waals surface area contributed by atoms with E-state index in [2.05, 4.69) is 26.5 Å². The molecule has 1 amide bonds. The topological polar surface area (TPSA) is 153 Å². The van der Waals surface area contributed by atoms with E-state index in [0.717, 1.165) is 0 Å². The fraction of sp³-hybridized carbons (Fsp3) is 0.182. The number of hydrogen-bond acceptors (Lipinski definition) is 8. The van der Waals surface area contributed by atoms with Gasteiger partial charge in [0.2, 0.25) is 0 Å². The summed E-state index contributed by atoms with van der Waals surface area (Å²) in [6, 6.07) is 11.0. The average molecular weight is 528 g/mol. The summed E-state index contributed by atoms with van der Waals surface area (Å²) in [5, 5.41) is 24.0. The molecular weight excluding hydrogens is 510 g/mol. The zero-order valence-electron chi connectivity index (χ0n) is 18.1. The third-order valence-corrected chi connectivity index (χ3v) is 5.87. The number of hydrogen-bond donors (Lipinski definition) is 1. The zero-order chi connectivity index (χ0) is 24.8. The normalized spacial score (nSPS) is 10.9. The minimum Gasteiger partial charge on any atom is -0.455 e. The molecular formula is C22H18BrN5O6. The van der Waals surface area contributed by atoms with Crippen LogP contribution in [0.1, 0.15) is 22.6 Å². The number of methoxy groups -OCH3 is 1. The highest BCUT2D eigenvalue weighted by Gasteiger charge is 2.19. The van der Waals surface area contributed by atoms with Crippen LogP contribution in [0.5, 0.6) is 0 Å². The number of aromatic nitrogens is 1. The number of furan rings is 1. The second kappa shape index (κ2) is 10.7. The Morgan fingerprint density at radius 2 is 2.06 bits per heavy atom.